The Morgan fingerprint density at radius 2 is 2.17 bits per heavy atom. The molecule has 1 atom stereocenters. The Bertz CT molecular complexity index is 507. The van der Waals surface area contributed by atoms with Crippen molar-refractivity contribution in [2.75, 3.05) is 6.54 Å². The molecule has 7 heteroatoms. The Morgan fingerprint density at radius 1 is 1.44 bits per heavy atom. The predicted molar refractivity (Wildman–Crippen MR) is 63.2 cm³/mol. The molecule has 7 nitrogen and oxygen atoms in total. The molecule has 0 aliphatic rings. The number of carbonyl (C=O) groups is 1. The summed E-state index contributed by atoms with van der Waals surface area (Å²) in [5.74, 6) is 0.366. The molecule has 0 spiro atoms. The van der Waals surface area contributed by atoms with E-state index in [1.807, 2.05) is 0 Å². The molecule has 0 aliphatic carbocycles. The Hall–Kier alpha value is -2.28. The summed E-state index contributed by atoms with van der Waals surface area (Å²) in [6.07, 6.45) is 3.94. The van der Waals surface area contributed by atoms with Gasteiger partial charge in [-0.15, -0.1) is 10.2 Å². The topological polar surface area (TPSA) is 92.9 Å². The van der Waals surface area contributed by atoms with Gasteiger partial charge in [0, 0.05) is 12.7 Å². The van der Waals surface area contributed by atoms with E-state index in [-0.39, 0.29) is 12.5 Å². The maximum Gasteiger partial charge on any atom is 0.252 e. The minimum Gasteiger partial charge on any atom is -0.392 e. The van der Waals surface area contributed by atoms with Crippen LogP contribution in [0.1, 0.15) is 17.3 Å². The molecule has 2 aromatic rings. The largest absolute Gasteiger partial charge is 0.392 e. The SMILES string of the molecule is CC(O)CNC(=O)c1ccc(-n2cnnc2)nc1. The summed E-state index contributed by atoms with van der Waals surface area (Å²) in [7, 11) is 0. The van der Waals surface area contributed by atoms with Crippen molar-refractivity contribution in [2.24, 2.45) is 0 Å². The molecular weight excluding hydrogens is 234 g/mol. The van der Waals surface area contributed by atoms with Crippen LogP contribution in [-0.2, 0) is 0 Å². The third-order valence-electron chi connectivity index (χ3n) is 2.25. The first-order valence-electron chi connectivity index (χ1n) is 5.44. The summed E-state index contributed by atoms with van der Waals surface area (Å²) in [5, 5.41) is 19.0. The van der Waals surface area contributed by atoms with Crippen molar-refractivity contribution in [3.05, 3.63) is 36.5 Å². The Kier molecular flexibility index (Phi) is 3.63. The van der Waals surface area contributed by atoms with Crippen LogP contribution in [0.25, 0.3) is 5.82 Å². The lowest BCUT2D eigenvalue weighted by molar-refractivity contribution is 0.0923. The number of carbonyl (C=O) groups excluding carboxylic acids is 1. The van der Waals surface area contributed by atoms with Gasteiger partial charge in [-0.1, -0.05) is 0 Å². The molecule has 0 aliphatic heterocycles. The average molecular weight is 247 g/mol. The molecule has 2 aromatic heterocycles. The summed E-state index contributed by atoms with van der Waals surface area (Å²) < 4.78 is 1.64. The van der Waals surface area contributed by atoms with Crippen molar-refractivity contribution in [1.29, 1.82) is 0 Å². The number of nitrogens with one attached hydrogen (secondary N) is 1. The molecule has 0 fully saturated rings. The standard InChI is InChI=1S/C11H13N5O2/c1-8(17)4-13-11(18)9-2-3-10(12-5-9)16-6-14-15-7-16/h2-3,5-8,17H,4H2,1H3,(H,13,18). The van der Waals surface area contributed by atoms with Gasteiger partial charge in [0.2, 0.25) is 0 Å². The van der Waals surface area contributed by atoms with Crippen molar-refractivity contribution in [2.45, 2.75) is 13.0 Å². The van der Waals surface area contributed by atoms with Crippen LogP contribution >= 0.6 is 0 Å². The van der Waals surface area contributed by atoms with Crippen LogP contribution in [0.15, 0.2) is 31.0 Å². The number of rotatable bonds is 4. The molecular formula is C11H13N5O2. The first-order chi connectivity index (χ1) is 8.66. The molecule has 0 bridgehead atoms. The first kappa shape index (κ1) is 12.2. The monoisotopic (exact) mass is 247 g/mol. The van der Waals surface area contributed by atoms with Gasteiger partial charge in [-0.05, 0) is 19.1 Å². The summed E-state index contributed by atoms with van der Waals surface area (Å²) in [4.78, 5) is 15.8. The number of hydrogen-bond acceptors (Lipinski definition) is 5. The summed E-state index contributed by atoms with van der Waals surface area (Å²) in [6, 6.07) is 3.35. The van der Waals surface area contributed by atoms with E-state index in [0.29, 0.717) is 11.4 Å². The smallest absolute Gasteiger partial charge is 0.252 e. The average Bonchev–Trinajstić information content (AvgIpc) is 2.90. The van der Waals surface area contributed by atoms with Crippen LogP contribution in [0.4, 0.5) is 0 Å². The Morgan fingerprint density at radius 3 is 2.72 bits per heavy atom. The van der Waals surface area contributed by atoms with E-state index < -0.39 is 6.10 Å². The fraction of sp³-hybridized carbons (Fsp3) is 0.273. The second-order valence-corrected chi connectivity index (χ2v) is 3.83. The third-order valence-corrected chi connectivity index (χ3v) is 2.25. The predicted octanol–water partition coefficient (Wildman–Crippen LogP) is -0.227. The van der Waals surface area contributed by atoms with Crippen molar-refractivity contribution in [1.82, 2.24) is 25.1 Å². The van der Waals surface area contributed by atoms with Crippen LogP contribution in [0.2, 0.25) is 0 Å². The Balaban J connectivity index is 2.06. The Labute approximate surface area is 104 Å². The van der Waals surface area contributed by atoms with Gasteiger partial charge >= 0.3 is 0 Å². The minimum atomic E-state index is -0.571. The first-order valence-corrected chi connectivity index (χ1v) is 5.44. The van der Waals surface area contributed by atoms with Crippen LogP contribution in [0.5, 0.6) is 0 Å². The van der Waals surface area contributed by atoms with Crippen molar-refractivity contribution < 1.29 is 9.90 Å². The molecule has 0 saturated heterocycles. The van der Waals surface area contributed by atoms with Crippen molar-refractivity contribution >= 4 is 5.91 Å². The number of aromatic nitrogens is 4. The summed E-state index contributed by atoms with van der Waals surface area (Å²) in [5.41, 5.74) is 0.437. The second-order valence-electron chi connectivity index (χ2n) is 3.83. The number of aliphatic hydroxyl groups is 1. The number of nitrogens with zero attached hydrogens (tertiary/aromatic N) is 4. The molecule has 1 unspecified atom stereocenters. The van der Waals surface area contributed by atoms with Crippen molar-refractivity contribution in [3.8, 4) is 5.82 Å². The fourth-order valence-electron chi connectivity index (χ4n) is 1.33. The van der Waals surface area contributed by atoms with Gasteiger partial charge in [-0.25, -0.2) is 4.98 Å². The van der Waals surface area contributed by atoms with Crippen LogP contribution in [0.3, 0.4) is 0 Å². The zero-order valence-corrected chi connectivity index (χ0v) is 9.82. The molecule has 0 saturated carbocycles. The van der Waals surface area contributed by atoms with Gasteiger partial charge in [0.15, 0.2) is 0 Å². The van der Waals surface area contributed by atoms with Gasteiger partial charge in [-0.2, -0.15) is 0 Å². The number of amides is 1. The van der Waals surface area contributed by atoms with E-state index in [0.717, 1.165) is 0 Å². The van der Waals surface area contributed by atoms with E-state index in [1.54, 1.807) is 23.6 Å². The third kappa shape index (κ3) is 2.89. The maximum absolute atomic E-state index is 11.7. The van der Waals surface area contributed by atoms with Crippen LogP contribution < -0.4 is 5.32 Å². The quantitative estimate of drug-likeness (QED) is 0.778. The highest BCUT2D eigenvalue weighted by atomic mass is 16.3. The molecule has 0 radical (unpaired) electrons. The second kappa shape index (κ2) is 5.37. The lowest BCUT2D eigenvalue weighted by Gasteiger charge is -2.07. The molecule has 2 N–H and O–H groups in total. The fourth-order valence-corrected chi connectivity index (χ4v) is 1.33. The highest BCUT2D eigenvalue weighted by Gasteiger charge is 2.07. The molecule has 2 heterocycles. The van der Waals surface area contributed by atoms with Gasteiger partial charge in [0.1, 0.15) is 18.5 Å². The maximum atomic E-state index is 11.7. The molecule has 1 amide bonds. The van der Waals surface area contributed by atoms with Gasteiger partial charge in [0.05, 0.1) is 11.7 Å². The molecule has 2 rings (SSSR count). The van der Waals surface area contributed by atoms with E-state index in [9.17, 15) is 4.79 Å². The summed E-state index contributed by atoms with van der Waals surface area (Å²) >= 11 is 0. The molecule has 0 aromatic carbocycles. The van der Waals surface area contributed by atoms with Crippen LogP contribution in [0, 0.1) is 0 Å². The van der Waals surface area contributed by atoms with Gasteiger partial charge in [-0.3, -0.25) is 9.36 Å². The van der Waals surface area contributed by atoms with Gasteiger partial charge in [0.25, 0.3) is 5.91 Å². The minimum absolute atomic E-state index is 0.214. The lowest BCUT2D eigenvalue weighted by atomic mass is 10.2. The van der Waals surface area contributed by atoms with E-state index in [2.05, 4.69) is 20.5 Å². The highest BCUT2D eigenvalue weighted by Crippen LogP contribution is 2.04. The van der Waals surface area contributed by atoms with Crippen molar-refractivity contribution in [3.63, 3.8) is 0 Å². The lowest BCUT2D eigenvalue weighted by Crippen LogP contribution is -2.30. The number of hydrogen-bond donors (Lipinski definition) is 2. The summed E-state index contributed by atoms with van der Waals surface area (Å²) in [6.45, 7) is 1.82. The van der Waals surface area contributed by atoms with E-state index >= 15 is 0 Å². The zero-order valence-electron chi connectivity index (χ0n) is 9.82. The number of pyridine rings is 1. The van der Waals surface area contributed by atoms with E-state index in [4.69, 9.17) is 5.11 Å². The van der Waals surface area contributed by atoms with E-state index in [1.165, 1.54) is 18.9 Å². The number of aliphatic hydroxyl groups excluding tert-OH is 1. The zero-order chi connectivity index (χ0) is 13.0. The normalized spacial score (nSPS) is 12.1. The molecule has 18 heavy (non-hydrogen) atoms. The highest BCUT2D eigenvalue weighted by molar-refractivity contribution is 5.93. The molecule has 94 valence electrons. The van der Waals surface area contributed by atoms with Crippen LogP contribution in [-0.4, -0.2) is 43.4 Å². The van der Waals surface area contributed by atoms with Gasteiger partial charge < -0.3 is 10.4 Å².